The topological polar surface area (TPSA) is 37.4 Å². The maximum atomic E-state index is 10.7. The number of hydrogen-bond acceptors (Lipinski definition) is 2. The van der Waals surface area contributed by atoms with Crippen LogP contribution < -0.4 is 0 Å². The molecule has 0 amide bonds. The normalized spacial score (nSPS) is 13.1. The zero-order valence-corrected chi connectivity index (χ0v) is 8.33. The molecule has 0 aromatic heterocycles. The summed E-state index contributed by atoms with van der Waals surface area (Å²) in [5, 5.41) is 0. The standard InChI is InChI=1S/C5H9Cl2NO2S/c1-11(9,10)8(7)5-3-2-4-6/h2-3H,4-5H2,1H3/b3-2+. The third-order valence-corrected chi connectivity index (χ3v) is 2.80. The van der Waals surface area contributed by atoms with Crippen molar-refractivity contribution in [3.05, 3.63) is 12.2 Å². The van der Waals surface area contributed by atoms with Crippen molar-refractivity contribution in [1.29, 1.82) is 0 Å². The van der Waals surface area contributed by atoms with Gasteiger partial charge in [0.2, 0.25) is 10.0 Å². The van der Waals surface area contributed by atoms with Gasteiger partial charge in [-0.1, -0.05) is 12.2 Å². The average Bonchev–Trinajstić information content (AvgIpc) is 1.86. The predicted molar refractivity (Wildman–Crippen MR) is 47.3 cm³/mol. The summed E-state index contributed by atoms with van der Waals surface area (Å²) in [4.78, 5) is 0. The van der Waals surface area contributed by atoms with Crippen LogP contribution in [-0.4, -0.2) is 30.9 Å². The fourth-order valence-corrected chi connectivity index (χ4v) is 0.918. The maximum Gasteiger partial charge on any atom is 0.224 e. The van der Waals surface area contributed by atoms with Crippen molar-refractivity contribution in [3.8, 4) is 0 Å². The van der Waals surface area contributed by atoms with Gasteiger partial charge in [0.05, 0.1) is 6.26 Å². The van der Waals surface area contributed by atoms with Gasteiger partial charge >= 0.3 is 0 Å². The molecule has 0 spiro atoms. The summed E-state index contributed by atoms with van der Waals surface area (Å²) in [5.41, 5.74) is 0. The molecule has 0 radical (unpaired) electrons. The van der Waals surface area contributed by atoms with Gasteiger partial charge in [-0.3, -0.25) is 0 Å². The Labute approximate surface area is 76.7 Å². The Hall–Kier alpha value is 0.230. The summed E-state index contributed by atoms with van der Waals surface area (Å²) in [5.74, 6) is 0.356. The molecule has 0 fully saturated rings. The minimum atomic E-state index is -3.28. The van der Waals surface area contributed by atoms with Crippen molar-refractivity contribution in [2.75, 3.05) is 18.7 Å². The first kappa shape index (κ1) is 11.2. The fourth-order valence-electron chi connectivity index (χ4n) is 0.356. The van der Waals surface area contributed by atoms with E-state index < -0.39 is 10.0 Å². The second-order valence-electron chi connectivity index (χ2n) is 1.86. The van der Waals surface area contributed by atoms with Crippen molar-refractivity contribution in [1.82, 2.24) is 3.82 Å². The van der Waals surface area contributed by atoms with Crippen molar-refractivity contribution in [3.63, 3.8) is 0 Å². The van der Waals surface area contributed by atoms with E-state index in [1.54, 1.807) is 12.2 Å². The molecule has 0 unspecified atom stereocenters. The molecule has 0 aromatic rings. The second-order valence-corrected chi connectivity index (χ2v) is 4.68. The van der Waals surface area contributed by atoms with Gasteiger partial charge in [-0.25, -0.2) is 8.42 Å². The Bertz CT molecular complexity index is 225. The lowest BCUT2D eigenvalue weighted by Crippen LogP contribution is -2.19. The lowest BCUT2D eigenvalue weighted by Gasteiger charge is -2.06. The van der Waals surface area contributed by atoms with Gasteiger partial charge < -0.3 is 0 Å². The first-order chi connectivity index (χ1) is 4.98. The molecule has 0 atom stereocenters. The highest BCUT2D eigenvalue weighted by atomic mass is 35.5. The number of hydrogen-bond donors (Lipinski definition) is 0. The molecule has 0 saturated carbocycles. The molecule has 0 heterocycles. The maximum absolute atomic E-state index is 10.7. The Kier molecular flexibility index (Phi) is 5.08. The minimum Gasteiger partial charge on any atom is -0.211 e. The highest BCUT2D eigenvalue weighted by Crippen LogP contribution is 2.01. The van der Waals surface area contributed by atoms with Crippen molar-refractivity contribution >= 4 is 33.4 Å². The molecule has 0 aromatic carbocycles. The number of halogens is 2. The molecule has 11 heavy (non-hydrogen) atoms. The Morgan fingerprint density at radius 1 is 1.45 bits per heavy atom. The van der Waals surface area contributed by atoms with E-state index in [-0.39, 0.29) is 6.54 Å². The van der Waals surface area contributed by atoms with E-state index in [4.69, 9.17) is 23.4 Å². The summed E-state index contributed by atoms with van der Waals surface area (Å²) < 4.78 is 22.0. The Balaban J connectivity index is 3.90. The first-order valence-electron chi connectivity index (χ1n) is 2.83. The third kappa shape index (κ3) is 5.49. The minimum absolute atomic E-state index is 0.146. The molecule has 0 aliphatic carbocycles. The largest absolute Gasteiger partial charge is 0.224 e. The molecule has 0 bridgehead atoms. The average molecular weight is 218 g/mol. The zero-order valence-electron chi connectivity index (χ0n) is 6.00. The van der Waals surface area contributed by atoms with Crippen LogP contribution in [0.3, 0.4) is 0 Å². The van der Waals surface area contributed by atoms with Crippen LogP contribution in [0.5, 0.6) is 0 Å². The van der Waals surface area contributed by atoms with Crippen LogP contribution >= 0.6 is 23.4 Å². The predicted octanol–water partition coefficient (Wildman–Crippen LogP) is 1.20. The molecule has 66 valence electrons. The van der Waals surface area contributed by atoms with E-state index in [1.165, 1.54) is 0 Å². The number of rotatable bonds is 4. The van der Waals surface area contributed by atoms with Crippen LogP contribution in [0.25, 0.3) is 0 Å². The van der Waals surface area contributed by atoms with Gasteiger partial charge in [-0.15, -0.1) is 15.4 Å². The van der Waals surface area contributed by atoms with E-state index in [1.807, 2.05) is 0 Å². The monoisotopic (exact) mass is 217 g/mol. The summed E-state index contributed by atoms with van der Waals surface area (Å²) in [6, 6.07) is 0. The van der Waals surface area contributed by atoms with E-state index in [0.29, 0.717) is 5.88 Å². The summed E-state index contributed by atoms with van der Waals surface area (Å²) in [6.45, 7) is 0.146. The first-order valence-corrected chi connectivity index (χ1v) is 5.55. The molecule has 0 N–H and O–H groups in total. The SMILES string of the molecule is CS(=O)(=O)N(Cl)C/C=C/CCl. The summed E-state index contributed by atoms with van der Waals surface area (Å²) in [7, 11) is -3.28. The fraction of sp³-hybridized carbons (Fsp3) is 0.600. The van der Waals surface area contributed by atoms with Gasteiger partial charge in [0, 0.05) is 12.4 Å². The van der Waals surface area contributed by atoms with Crippen molar-refractivity contribution in [2.45, 2.75) is 0 Å². The number of alkyl halides is 1. The van der Waals surface area contributed by atoms with Crippen LogP contribution in [0.2, 0.25) is 0 Å². The van der Waals surface area contributed by atoms with Gasteiger partial charge in [0.1, 0.15) is 0 Å². The smallest absolute Gasteiger partial charge is 0.211 e. The van der Waals surface area contributed by atoms with Crippen LogP contribution in [0.1, 0.15) is 0 Å². The molecular weight excluding hydrogens is 209 g/mol. The van der Waals surface area contributed by atoms with E-state index in [0.717, 1.165) is 10.1 Å². The Morgan fingerprint density at radius 2 is 2.00 bits per heavy atom. The van der Waals surface area contributed by atoms with Crippen molar-refractivity contribution < 1.29 is 8.42 Å². The van der Waals surface area contributed by atoms with E-state index >= 15 is 0 Å². The molecule has 3 nitrogen and oxygen atoms in total. The lowest BCUT2D eigenvalue weighted by atomic mass is 10.5. The highest BCUT2D eigenvalue weighted by Gasteiger charge is 2.10. The third-order valence-electron chi connectivity index (χ3n) is 0.865. The molecule has 6 heteroatoms. The van der Waals surface area contributed by atoms with Crippen LogP contribution in [0.15, 0.2) is 12.2 Å². The molecule has 0 rings (SSSR count). The van der Waals surface area contributed by atoms with E-state index in [9.17, 15) is 8.42 Å². The summed E-state index contributed by atoms with van der Waals surface area (Å²) >= 11 is 10.6. The van der Waals surface area contributed by atoms with E-state index in [2.05, 4.69) is 0 Å². The van der Waals surface area contributed by atoms with Gasteiger partial charge in [-0.2, -0.15) is 0 Å². The van der Waals surface area contributed by atoms with Crippen LogP contribution in [0.4, 0.5) is 0 Å². The molecular formula is C5H9Cl2NO2S. The summed E-state index contributed by atoms with van der Waals surface area (Å²) in [6.07, 6.45) is 4.25. The highest BCUT2D eigenvalue weighted by molar-refractivity contribution is 7.89. The number of allylic oxidation sites excluding steroid dienone is 1. The van der Waals surface area contributed by atoms with Crippen LogP contribution in [-0.2, 0) is 10.0 Å². The quantitative estimate of drug-likeness (QED) is 0.404. The molecule has 0 aliphatic heterocycles. The number of sulfonamides is 1. The number of nitrogens with zero attached hydrogens (tertiary/aromatic N) is 1. The Morgan fingerprint density at radius 3 is 2.36 bits per heavy atom. The molecule has 0 saturated heterocycles. The zero-order chi connectivity index (χ0) is 8.91. The van der Waals surface area contributed by atoms with Crippen LogP contribution in [0, 0.1) is 0 Å². The van der Waals surface area contributed by atoms with Gasteiger partial charge in [-0.05, 0) is 11.8 Å². The van der Waals surface area contributed by atoms with Gasteiger partial charge in [0.15, 0.2) is 0 Å². The lowest BCUT2D eigenvalue weighted by molar-refractivity contribution is 0.558. The van der Waals surface area contributed by atoms with Crippen molar-refractivity contribution in [2.24, 2.45) is 0 Å². The van der Waals surface area contributed by atoms with Gasteiger partial charge in [0.25, 0.3) is 0 Å². The molecule has 0 aliphatic rings. The second kappa shape index (κ2) is 4.98.